The fourth-order valence-corrected chi connectivity index (χ4v) is 6.29. The van der Waals surface area contributed by atoms with Crippen molar-refractivity contribution in [3.05, 3.63) is 52.9 Å². The van der Waals surface area contributed by atoms with Crippen molar-refractivity contribution in [2.45, 2.75) is 47.8 Å². The van der Waals surface area contributed by atoms with Gasteiger partial charge in [0.05, 0.1) is 25.7 Å². The van der Waals surface area contributed by atoms with Gasteiger partial charge in [-0.25, -0.2) is 13.9 Å². The van der Waals surface area contributed by atoms with E-state index in [-0.39, 0.29) is 31.0 Å². The Morgan fingerprint density at radius 1 is 1.08 bits per heavy atom. The van der Waals surface area contributed by atoms with Crippen LogP contribution in [-0.2, 0) is 19.4 Å². The number of rotatable bonds is 13. The van der Waals surface area contributed by atoms with Crippen LogP contribution in [0.5, 0.6) is 17.2 Å². The summed E-state index contributed by atoms with van der Waals surface area (Å²) in [6.07, 6.45) is 1.70. The third kappa shape index (κ3) is 6.20. The van der Waals surface area contributed by atoms with Crippen molar-refractivity contribution in [3.8, 4) is 17.2 Å². The Hall–Kier alpha value is -3.22. The molecule has 1 unspecified atom stereocenters. The first kappa shape index (κ1) is 28.4. The predicted octanol–water partition coefficient (Wildman–Crippen LogP) is 3.59. The number of ether oxygens (including phenoxy) is 4. The van der Waals surface area contributed by atoms with Crippen molar-refractivity contribution in [1.29, 1.82) is 0 Å². The van der Waals surface area contributed by atoms with Crippen LogP contribution in [0.15, 0.2) is 52.5 Å². The number of unbranched alkanes of at least 4 members (excludes halogenated alkanes) is 1. The minimum atomic E-state index is -4.10. The number of sulfone groups is 1. The van der Waals surface area contributed by atoms with E-state index in [1.807, 2.05) is 0 Å². The molecule has 1 saturated heterocycles. The molecule has 202 valence electrons. The first-order valence-electron chi connectivity index (χ1n) is 11.9. The molecule has 2 N–H and O–H groups in total. The molecular weight excluding hydrogens is 504 g/mol. The van der Waals surface area contributed by atoms with Gasteiger partial charge in [-0.1, -0.05) is 5.18 Å². The van der Waals surface area contributed by atoms with Gasteiger partial charge >= 0.3 is 0 Å². The number of nitroso groups, excluding NO2 is 1. The summed E-state index contributed by atoms with van der Waals surface area (Å²) in [4.78, 5) is 23.8. The Bertz CT molecular complexity index is 1160. The molecule has 0 aliphatic carbocycles. The molecule has 0 aromatic heterocycles. The average Bonchev–Trinajstić information content (AvgIpc) is 2.94. The van der Waals surface area contributed by atoms with Gasteiger partial charge in [0, 0.05) is 24.8 Å². The standard InChI is InChI=1S/C25H32N2O9S/c1-33-19-8-11-21(23(17-19)34-2)22(26-29)5-3-4-14-36-18-6-9-20(10-7-18)37(31,32)25(24(28)27-30)12-15-35-16-13-25/h6-11,17,22,30H,3-5,12-16H2,1-2H3,(H,27,28). The number of nitrogens with one attached hydrogen (secondary N) is 1. The molecule has 11 nitrogen and oxygen atoms in total. The van der Waals surface area contributed by atoms with E-state index in [4.69, 9.17) is 24.2 Å². The maximum atomic E-state index is 13.3. The maximum absolute atomic E-state index is 13.3. The molecule has 2 aromatic carbocycles. The number of nitrogens with zero attached hydrogens (tertiary/aromatic N) is 1. The first-order chi connectivity index (χ1) is 17.8. The quantitative estimate of drug-likeness (QED) is 0.169. The van der Waals surface area contributed by atoms with E-state index in [9.17, 15) is 18.1 Å². The van der Waals surface area contributed by atoms with Crippen LogP contribution in [-0.4, -0.2) is 58.3 Å². The molecule has 12 heteroatoms. The van der Waals surface area contributed by atoms with E-state index in [0.717, 1.165) is 0 Å². The molecule has 1 aliphatic rings. The molecule has 1 heterocycles. The Morgan fingerprint density at radius 2 is 1.76 bits per heavy atom. The van der Waals surface area contributed by atoms with Crippen LogP contribution in [0.25, 0.3) is 0 Å². The second-order valence-corrected chi connectivity index (χ2v) is 10.9. The summed E-state index contributed by atoms with van der Waals surface area (Å²) in [6, 6.07) is 10.5. The van der Waals surface area contributed by atoms with Crippen molar-refractivity contribution in [1.82, 2.24) is 5.48 Å². The van der Waals surface area contributed by atoms with Gasteiger partial charge in [-0.2, -0.15) is 4.91 Å². The van der Waals surface area contributed by atoms with E-state index < -0.39 is 26.5 Å². The van der Waals surface area contributed by atoms with Crippen molar-refractivity contribution in [2.75, 3.05) is 34.0 Å². The second-order valence-electron chi connectivity index (χ2n) is 8.60. The Morgan fingerprint density at radius 3 is 2.35 bits per heavy atom. The highest BCUT2D eigenvalue weighted by molar-refractivity contribution is 7.93. The summed E-state index contributed by atoms with van der Waals surface area (Å²) in [7, 11) is -1.02. The van der Waals surface area contributed by atoms with Crippen LogP contribution in [0.2, 0.25) is 0 Å². The summed E-state index contributed by atoms with van der Waals surface area (Å²) in [5, 5.41) is 12.4. The number of methoxy groups -OCH3 is 2. The number of hydrogen-bond donors (Lipinski definition) is 2. The van der Waals surface area contributed by atoms with Crippen molar-refractivity contribution < 1.29 is 37.4 Å². The fraction of sp³-hybridized carbons (Fsp3) is 0.480. The van der Waals surface area contributed by atoms with Gasteiger partial charge in [0.2, 0.25) is 0 Å². The van der Waals surface area contributed by atoms with Gasteiger partial charge in [0.1, 0.15) is 23.3 Å². The number of carbonyl (C=O) groups is 1. The average molecular weight is 537 g/mol. The lowest BCUT2D eigenvalue weighted by atomic mass is 9.98. The molecule has 1 amide bonds. The summed E-state index contributed by atoms with van der Waals surface area (Å²) in [5.74, 6) is 0.659. The largest absolute Gasteiger partial charge is 0.497 e. The molecule has 0 radical (unpaired) electrons. The van der Waals surface area contributed by atoms with E-state index in [1.54, 1.807) is 25.3 Å². The molecular formula is C25H32N2O9S. The van der Waals surface area contributed by atoms with Gasteiger partial charge < -0.3 is 18.9 Å². The summed E-state index contributed by atoms with van der Waals surface area (Å²) in [6.45, 7) is 0.546. The summed E-state index contributed by atoms with van der Waals surface area (Å²) >= 11 is 0. The fourth-order valence-electron chi connectivity index (χ4n) is 4.35. The highest BCUT2D eigenvalue weighted by Crippen LogP contribution is 2.36. The van der Waals surface area contributed by atoms with Crippen LogP contribution in [0, 0.1) is 4.91 Å². The highest BCUT2D eigenvalue weighted by atomic mass is 32.2. The number of amides is 1. The number of hydrogen-bond acceptors (Lipinski definition) is 10. The van der Waals surface area contributed by atoms with Crippen molar-refractivity contribution in [3.63, 3.8) is 0 Å². The van der Waals surface area contributed by atoms with Gasteiger partial charge in [0.25, 0.3) is 5.91 Å². The molecule has 1 fully saturated rings. The zero-order chi connectivity index (χ0) is 26.9. The summed E-state index contributed by atoms with van der Waals surface area (Å²) in [5.41, 5.74) is 2.19. The maximum Gasteiger partial charge on any atom is 0.265 e. The predicted molar refractivity (Wildman–Crippen MR) is 134 cm³/mol. The van der Waals surface area contributed by atoms with Gasteiger partial charge in [-0.3, -0.25) is 10.0 Å². The van der Waals surface area contributed by atoms with E-state index in [0.29, 0.717) is 48.7 Å². The zero-order valence-electron chi connectivity index (χ0n) is 20.8. The Labute approximate surface area is 215 Å². The van der Waals surface area contributed by atoms with E-state index in [1.165, 1.54) is 36.9 Å². The topological polar surface area (TPSA) is 150 Å². The van der Waals surface area contributed by atoms with Crippen LogP contribution in [0.1, 0.15) is 43.7 Å². The van der Waals surface area contributed by atoms with Crippen molar-refractivity contribution in [2.24, 2.45) is 5.18 Å². The van der Waals surface area contributed by atoms with Crippen LogP contribution in [0.4, 0.5) is 0 Å². The highest BCUT2D eigenvalue weighted by Gasteiger charge is 2.52. The SMILES string of the molecule is COc1ccc(C(CCCCOc2ccc(S(=O)(=O)C3(C(=O)NO)CCOCC3)cc2)N=O)c(OC)c1. The van der Waals surface area contributed by atoms with E-state index >= 15 is 0 Å². The molecule has 37 heavy (non-hydrogen) atoms. The minimum absolute atomic E-state index is 0.0429. The molecule has 1 atom stereocenters. The number of carbonyl (C=O) groups excluding carboxylic acids is 1. The molecule has 0 bridgehead atoms. The number of hydroxylamine groups is 1. The van der Waals surface area contributed by atoms with E-state index in [2.05, 4.69) is 5.18 Å². The van der Waals surface area contributed by atoms with Gasteiger partial charge in [-0.15, -0.1) is 0 Å². The second kappa shape index (κ2) is 12.8. The molecule has 2 aromatic rings. The van der Waals surface area contributed by atoms with Crippen molar-refractivity contribution >= 4 is 15.7 Å². The molecule has 1 aliphatic heterocycles. The lowest BCUT2D eigenvalue weighted by molar-refractivity contribution is -0.134. The smallest absolute Gasteiger partial charge is 0.265 e. The molecule has 0 saturated carbocycles. The molecule has 3 rings (SSSR count). The first-order valence-corrected chi connectivity index (χ1v) is 13.4. The lowest BCUT2D eigenvalue weighted by Gasteiger charge is -2.34. The van der Waals surface area contributed by atoms with Crippen LogP contribution in [0.3, 0.4) is 0 Å². The minimum Gasteiger partial charge on any atom is -0.497 e. The van der Waals surface area contributed by atoms with Crippen LogP contribution >= 0.6 is 0 Å². The lowest BCUT2D eigenvalue weighted by Crippen LogP contribution is -2.54. The van der Waals surface area contributed by atoms with Gasteiger partial charge in [-0.05, 0) is 68.5 Å². The Kier molecular flexibility index (Phi) is 9.84. The zero-order valence-corrected chi connectivity index (χ0v) is 21.7. The number of benzene rings is 2. The van der Waals surface area contributed by atoms with Crippen LogP contribution < -0.4 is 19.7 Å². The third-order valence-corrected chi connectivity index (χ3v) is 9.05. The Balaban J connectivity index is 1.56. The normalized spacial score (nSPS) is 15.9. The van der Waals surface area contributed by atoms with Gasteiger partial charge in [0.15, 0.2) is 14.6 Å². The monoisotopic (exact) mass is 536 g/mol. The third-order valence-electron chi connectivity index (χ3n) is 6.53. The summed E-state index contributed by atoms with van der Waals surface area (Å²) < 4.78 is 46.3. The molecule has 0 spiro atoms.